The zero-order valence-electron chi connectivity index (χ0n) is 19.2. The Balaban J connectivity index is 1.73. The van der Waals surface area contributed by atoms with Crippen molar-refractivity contribution in [3.05, 3.63) is 41.0 Å². The van der Waals surface area contributed by atoms with Crippen molar-refractivity contribution in [2.24, 2.45) is 5.92 Å². The Kier molecular flexibility index (Phi) is 6.62. The molecule has 2 atom stereocenters. The highest BCUT2D eigenvalue weighted by Crippen LogP contribution is 2.52. The molecule has 0 unspecified atom stereocenters. The number of ether oxygens (including phenoxy) is 1. The molecule has 1 aliphatic heterocycles. The van der Waals surface area contributed by atoms with E-state index in [-0.39, 0.29) is 11.0 Å². The minimum atomic E-state index is -0.0864. The first-order valence-electron chi connectivity index (χ1n) is 11.7. The Hall–Kier alpha value is -1.24. The molecule has 2 aliphatic rings. The molecule has 0 aromatic heterocycles. The quantitative estimate of drug-likeness (QED) is 0.324. The SMILES string of the molecule is CCCCCCCCC(C)(C)c1ccc2c(c1)OC(C)(C)[C@@H]1CC=C(C)C[C@@H]21. The van der Waals surface area contributed by atoms with Crippen molar-refractivity contribution in [3.8, 4) is 5.75 Å². The molecule has 1 aromatic carbocycles. The topological polar surface area (TPSA) is 9.23 Å². The third kappa shape index (κ3) is 4.66. The molecule has 0 amide bonds. The van der Waals surface area contributed by atoms with E-state index in [0.717, 1.165) is 12.2 Å². The number of allylic oxidation sites excluding steroid dienone is 2. The fraction of sp³-hybridized carbons (Fsp3) is 0.704. The molecule has 0 radical (unpaired) electrons. The van der Waals surface area contributed by atoms with Crippen LogP contribution >= 0.6 is 0 Å². The average molecular weight is 383 g/mol. The molecule has 28 heavy (non-hydrogen) atoms. The highest BCUT2D eigenvalue weighted by atomic mass is 16.5. The summed E-state index contributed by atoms with van der Waals surface area (Å²) in [5, 5.41) is 0. The molecular weight excluding hydrogens is 340 g/mol. The van der Waals surface area contributed by atoms with Crippen molar-refractivity contribution in [1.29, 1.82) is 0 Å². The molecule has 156 valence electrons. The molecule has 0 N–H and O–H groups in total. The lowest BCUT2D eigenvalue weighted by molar-refractivity contribution is 0.00837. The smallest absolute Gasteiger partial charge is 0.123 e. The second kappa shape index (κ2) is 8.64. The van der Waals surface area contributed by atoms with Gasteiger partial charge in [0.1, 0.15) is 11.4 Å². The molecule has 1 aromatic rings. The summed E-state index contributed by atoms with van der Waals surface area (Å²) < 4.78 is 6.60. The van der Waals surface area contributed by atoms with Crippen molar-refractivity contribution in [1.82, 2.24) is 0 Å². The molecule has 1 nitrogen and oxygen atoms in total. The van der Waals surface area contributed by atoms with Crippen LogP contribution in [0.25, 0.3) is 0 Å². The molecule has 0 saturated heterocycles. The first-order chi connectivity index (χ1) is 13.2. The number of benzene rings is 1. The maximum Gasteiger partial charge on any atom is 0.123 e. The lowest BCUT2D eigenvalue weighted by Gasteiger charge is -2.47. The molecule has 0 fully saturated rings. The number of hydrogen-bond acceptors (Lipinski definition) is 1. The van der Waals surface area contributed by atoms with Gasteiger partial charge in [0.05, 0.1) is 0 Å². The second-order valence-electron chi connectivity index (χ2n) is 10.6. The average Bonchev–Trinajstić information content (AvgIpc) is 2.63. The largest absolute Gasteiger partial charge is 0.487 e. The number of rotatable bonds is 8. The van der Waals surface area contributed by atoms with Gasteiger partial charge in [0, 0.05) is 5.92 Å². The predicted octanol–water partition coefficient (Wildman–Crippen LogP) is 8.33. The van der Waals surface area contributed by atoms with E-state index in [0.29, 0.717) is 11.8 Å². The monoisotopic (exact) mass is 382 g/mol. The van der Waals surface area contributed by atoms with Gasteiger partial charge in [-0.3, -0.25) is 0 Å². The molecule has 0 bridgehead atoms. The Morgan fingerprint density at radius 2 is 1.79 bits per heavy atom. The van der Waals surface area contributed by atoms with E-state index in [4.69, 9.17) is 4.74 Å². The summed E-state index contributed by atoms with van der Waals surface area (Å²) in [5.74, 6) is 2.35. The van der Waals surface area contributed by atoms with E-state index in [9.17, 15) is 0 Å². The zero-order chi connectivity index (χ0) is 20.4. The number of hydrogen-bond donors (Lipinski definition) is 0. The van der Waals surface area contributed by atoms with Gasteiger partial charge in [0.2, 0.25) is 0 Å². The van der Waals surface area contributed by atoms with Gasteiger partial charge in [-0.05, 0) is 68.6 Å². The predicted molar refractivity (Wildman–Crippen MR) is 121 cm³/mol. The summed E-state index contributed by atoms with van der Waals surface area (Å²) in [7, 11) is 0. The van der Waals surface area contributed by atoms with Crippen molar-refractivity contribution in [3.63, 3.8) is 0 Å². The van der Waals surface area contributed by atoms with Crippen LogP contribution in [0.15, 0.2) is 29.8 Å². The summed E-state index contributed by atoms with van der Waals surface area (Å²) in [4.78, 5) is 0. The van der Waals surface area contributed by atoms with Crippen LogP contribution in [0.4, 0.5) is 0 Å². The van der Waals surface area contributed by atoms with Crippen LogP contribution < -0.4 is 4.74 Å². The maximum absolute atomic E-state index is 6.60. The molecule has 0 spiro atoms. The fourth-order valence-electron chi connectivity index (χ4n) is 5.36. The Morgan fingerprint density at radius 1 is 1.07 bits per heavy atom. The summed E-state index contributed by atoms with van der Waals surface area (Å²) in [6.45, 7) is 14.0. The molecule has 1 aliphatic carbocycles. The molecule has 1 heterocycles. The van der Waals surface area contributed by atoms with E-state index in [2.05, 4.69) is 65.8 Å². The van der Waals surface area contributed by atoms with Crippen molar-refractivity contribution < 1.29 is 4.74 Å². The van der Waals surface area contributed by atoms with Gasteiger partial charge in [0.25, 0.3) is 0 Å². The van der Waals surface area contributed by atoms with Gasteiger partial charge in [-0.2, -0.15) is 0 Å². The van der Waals surface area contributed by atoms with E-state index < -0.39 is 0 Å². The van der Waals surface area contributed by atoms with Crippen LogP contribution in [0.5, 0.6) is 5.75 Å². The number of fused-ring (bicyclic) bond motifs is 3. The van der Waals surface area contributed by atoms with Crippen LogP contribution in [0.2, 0.25) is 0 Å². The Bertz CT molecular complexity index is 694. The van der Waals surface area contributed by atoms with Gasteiger partial charge in [-0.25, -0.2) is 0 Å². The summed E-state index contributed by atoms with van der Waals surface area (Å²) in [6, 6.07) is 7.15. The number of unbranched alkanes of at least 4 members (excludes halogenated alkanes) is 5. The van der Waals surface area contributed by atoms with Crippen molar-refractivity contribution in [2.45, 2.75) is 116 Å². The van der Waals surface area contributed by atoms with Gasteiger partial charge in [-0.15, -0.1) is 0 Å². The normalized spacial score (nSPS) is 23.4. The molecule has 1 heteroatoms. The van der Waals surface area contributed by atoms with Crippen LogP contribution in [0.3, 0.4) is 0 Å². The van der Waals surface area contributed by atoms with Gasteiger partial charge < -0.3 is 4.74 Å². The lowest BCUT2D eigenvalue weighted by atomic mass is 9.67. The van der Waals surface area contributed by atoms with Crippen LogP contribution in [-0.4, -0.2) is 5.60 Å². The summed E-state index contributed by atoms with van der Waals surface area (Å²) >= 11 is 0. The molecule has 3 rings (SSSR count). The van der Waals surface area contributed by atoms with Gasteiger partial charge in [-0.1, -0.05) is 83.1 Å². The molecule has 0 saturated carbocycles. The van der Waals surface area contributed by atoms with E-state index in [1.807, 2.05) is 0 Å². The van der Waals surface area contributed by atoms with Gasteiger partial charge >= 0.3 is 0 Å². The van der Waals surface area contributed by atoms with Crippen LogP contribution in [-0.2, 0) is 5.41 Å². The Labute approximate surface area is 174 Å². The fourth-order valence-corrected chi connectivity index (χ4v) is 5.36. The summed E-state index contributed by atoms with van der Waals surface area (Å²) in [5.41, 5.74) is 4.55. The minimum Gasteiger partial charge on any atom is -0.487 e. The zero-order valence-corrected chi connectivity index (χ0v) is 19.2. The Morgan fingerprint density at radius 3 is 2.54 bits per heavy atom. The van der Waals surface area contributed by atoms with E-state index in [1.54, 1.807) is 0 Å². The van der Waals surface area contributed by atoms with Crippen molar-refractivity contribution >= 4 is 0 Å². The highest BCUT2D eigenvalue weighted by Gasteiger charge is 2.44. The third-order valence-electron chi connectivity index (χ3n) is 7.36. The van der Waals surface area contributed by atoms with Crippen LogP contribution in [0, 0.1) is 5.92 Å². The van der Waals surface area contributed by atoms with Crippen molar-refractivity contribution in [2.75, 3.05) is 0 Å². The van der Waals surface area contributed by atoms with E-state index in [1.165, 1.54) is 68.1 Å². The highest BCUT2D eigenvalue weighted by molar-refractivity contribution is 5.46. The van der Waals surface area contributed by atoms with Crippen LogP contribution in [0.1, 0.15) is 116 Å². The third-order valence-corrected chi connectivity index (χ3v) is 7.36. The first kappa shape index (κ1) is 21.5. The standard InChI is InChI=1S/C27H42O/c1-7-8-9-10-11-12-17-26(3,4)21-14-15-22-23-18-20(2)13-16-24(23)27(5,6)28-25(22)19-21/h13-15,19,23-24H,7-12,16-18H2,1-6H3/t23-,24+/m0/s1. The second-order valence-corrected chi connectivity index (χ2v) is 10.6. The van der Waals surface area contributed by atoms with Gasteiger partial charge in [0.15, 0.2) is 0 Å². The maximum atomic E-state index is 6.60. The van der Waals surface area contributed by atoms with E-state index >= 15 is 0 Å². The minimum absolute atomic E-state index is 0.0864. The summed E-state index contributed by atoms with van der Waals surface area (Å²) in [6.07, 6.45) is 14.2. The molecular formula is C27H42O. The first-order valence-corrected chi connectivity index (χ1v) is 11.7. The lowest BCUT2D eigenvalue weighted by Crippen LogP contribution is -2.45.